The molecule has 8 heteroatoms. The van der Waals surface area contributed by atoms with E-state index in [1.54, 1.807) is 15.5 Å². The Morgan fingerprint density at radius 2 is 1.66 bits per heavy atom. The normalized spacial score (nSPS) is 12.0. The van der Waals surface area contributed by atoms with Gasteiger partial charge in [0, 0.05) is 24.2 Å². The SMILES string of the molecule is CCc1ccc(-n2c(C(CC)N(CC(C)C)C(=O)c3ccc([N+](=O)[O-])cc3)nc3ccccc3c2=O)cc1. The van der Waals surface area contributed by atoms with Gasteiger partial charge in [-0.05, 0) is 60.7 Å². The molecule has 1 atom stereocenters. The third-order valence-corrected chi connectivity index (χ3v) is 6.61. The van der Waals surface area contributed by atoms with Gasteiger partial charge < -0.3 is 4.90 Å². The van der Waals surface area contributed by atoms with Gasteiger partial charge in [0.05, 0.1) is 27.6 Å². The van der Waals surface area contributed by atoms with E-state index in [9.17, 15) is 19.7 Å². The summed E-state index contributed by atoms with van der Waals surface area (Å²) >= 11 is 0. The van der Waals surface area contributed by atoms with Crippen LogP contribution in [0.25, 0.3) is 16.6 Å². The van der Waals surface area contributed by atoms with E-state index in [2.05, 4.69) is 6.92 Å². The van der Waals surface area contributed by atoms with Gasteiger partial charge >= 0.3 is 0 Å². The first kappa shape index (κ1) is 26.7. The summed E-state index contributed by atoms with van der Waals surface area (Å²) in [7, 11) is 0. The highest BCUT2D eigenvalue weighted by molar-refractivity contribution is 5.94. The van der Waals surface area contributed by atoms with Gasteiger partial charge in [-0.3, -0.25) is 24.3 Å². The molecule has 38 heavy (non-hydrogen) atoms. The van der Waals surface area contributed by atoms with E-state index in [1.807, 2.05) is 63.2 Å². The molecule has 0 saturated heterocycles. The average Bonchev–Trinajstić information content (AvgIpc) is 2.92. The van der Waals surface area contributed by atoms with Crippen molar-refractivity contribution >= 4 is 22.5 Å². The van der Waals surface area contributed by atoms with Gasteiger partial charge in [0.1, 0.15) is 5.82 Å². The Morgan fingerprint density at radius 3 is 2.24 bits per heavy atom. The summed E-state index contributed by atoms with van der Waals surface area (Å²) in [5.41, 5.74) is 2.48. The van der Waals surface area contributed by atoms with Gasteiger partial charge in [0.15, 0.2) is 0 Å². The third kappa shape index (κ3) is 5.34. The van der Waals surface area contributed by atoms with Crippen molar-refractivity contribution in [3.63, 3.8) is 0 Å². The minimum atomic E-state index is -0.511. The molecule has 0 bridgehead atoms. The Balaban J connectivity index is 1.91. The quantitative estimate of drug-likeness (QED) is 0.199. The van der Waals surface area contributed by atoms with E-state index in [0.717, 1.165) is 12.0 Å². The topological polar surface area (TPSA) is 98.3 Å². The number of aromatic nitrogens is 2. The van der Waals surface area contributed by atoms with Crippen LogP contribution in [0, 0.1) is 16.0 Å². The molecule has 4 aromatic rings. The summed E-state index contributed by atoms with van der Waals surface area (Å²) in [5.74, 6) is 0.350. The van der Waals surface area contributed by atoms with Crippen molar-refractivity contribution < 1.29 is 9.72 Å². The van der Waals surface area contributed by atoms with Crippen molar-refractivity contribution in [1.29, 1.82) is 0 Å². The first-order valence-electron chi connectivity index (χ1n) is 12.9. The number of carbonyl (C=O) groups excluding carboxylic acids is 1. The van der Waals surface area contributed by atoms with Crippen LogP contribution < -0.4 is 5.56 Å². The molecule has 0 aliphatic rings. The molecular formula is C30H32N4O4. The van der Waals surface area contributed by atoms with Crippen molar-refractivity contribution in [1.82, 2.24) is 14.5 Å². The van der Waals surface area contributed by atoms with Gasteiger partial charge in [-0.1, -0.05) is 52.0 Å². The highest BCUT2D eigenvalue weighted by atomic mass is 16.6. The lowest BCUT2D eigenvalue weighted by Gasteiger charge is -2.33. The van der Waals surface area contributed by atoms with E-state index >= 15 is 0 Å². The van der Waals surface area contributed by atoms with Crippen molar-refractivity contribution in [3.8, 4) is 5.69 Å². The van der Waals surface area contributed by atoms with Crippen LogP contribution in [-0.4, -0.2) is 31.8 Å². The number of nitro benzene ring substituents is 1. The minimum absolute atomic E-state index is 0.0791. The highest BCUT2D eigenvalue weighted by Crippen LogP contribution is 2.29. The molecule has 4 rings (SSSR count). The van der Waals surface area contributed by atoms with E-state index in [0.29, 0.717) is 40.9 Å². The molecule has 8 nitrogen and oxygen atoms in total. The Morgan fingerprint density at radius 1 is 1.00 bits per heavy atom. The fraction of sp³-hybridized carbons (Fsp3) is 0.300. The number of nitrogens with zero attached hydrogens (tertiary/aromatic N) is 4. The minimum Gasteiger partial charge on any atom is -0.328 e. The Kier molecular flexibility index (Phi) is 8.00. The molecule has 0 spiro atoms. The van der Waals surface area contributed by atoms with E-state index in [4.69, 9.17) is 4.98 Å². The molecule has 0 aliphatic carbocycles. The number of carbonyl (C=O) groups is 1. The van der Waals surface area contributed by atoms with Gasteiger partial charge in [-0.15, -0.1) is 0 Å². The summed E-state index contributed by atoms with van der Waals surface area (Å²) < 4.78 is 1.62. The van der Waals surface area contributed by atoms with Crippen molar-refractivity contribution in [2.24, 2.45) is 5.92 Å². The van der Waals surface area contributed by atoms with E-state index in [-0.39, 0.29) is 23.1 Å². The van der Waals surface area contributed by atoms with Crippen LogP contribution in [-0.2, 0) is 6.42 Å². The Bertz CT molecular complexity index is 1510. The summed E-state index contributed by atoms with van der Waals surface area (Å²) in [6.07, 6.45) is 1.39. The lowest BCUT2D eigenvalue weighted by molar-refractivity contribution is -0.384. The molecule has 0 N–H and O–H groups in total. The zero-order chi connectivity index (χ0) is 27.4. The number of para-hydroxylation sites is 1. The number of amides is 1. The zero-order valence-electron chi connectivity index (χ0n) is 22.1. The number of non-ortho nitro benzene ring substituents is 1. The number of aryl methyl sites for hydroxylation is 1. The maximum atomic E-state index is 13.9. The molecule has 0 saturated carbocycles. The molecule has 0 fully saturated rings. The maximum Gasteiger partial charge on any atom is 0.269 e. The van der Waals surface area contributed by atoms with Crippen LogP contribution in [0.3, 0.4) is 0 Å². The molecule has 196 valence electrons. The molecule has 3 aromatic carbocycles. The lowest BCUT2D eigenvalue weighted by Crippen LogP contribution is -2.40. The smallest absolute Gasteiger partial charge is 0.269 e. The van der Waals surface area contributed by atoms with E-state index in [1.165, 1.54) is 24.3 Å². The first-order chi connectivity index (χ1) is 18.2. The second kappa shape index (κ2) is 11.4. The summed E-state index contributed by atoms with van der Waals surface area (Å²) in [4.78, 5) is 45.0. The lowest BCUT2D eigenvalue weighted by atomic mass is 10.0. The number of fused-ring (bicyclic) bond motifs is 1. The summed E-state index contributed by atoms with van der Waals surface area (Å²) in [6.45, 7) is 8.50. The van der Waals surface area contributed by atoms with Crippen LogP contribution in [0.15, 0.2) is 77.6 Å². The van der Waals surface area contributed by atoms with Gasteiger partial charge in [0.2, 0.25) is 0 Å². The van der Waals surface area contributed by atoms with Crippen molar-refractivity contribution in [2.75, 3.05) is 6.54 Å². The maximum absolute atomic E-state index is 13.9. The predicted octanol–water partition coefficient (Wildman–Crippen LogP) is 6.11. The number of rotatable bonds is 9. The van der Waals surface area contributed by atoms with Crippen LogP contribution in [0.2, 0.25) is 0 Å². The van der Waals surface area contributed by atoms with Crippen LogP contribution in [0.5, 0.6) is 0 Å². The predicted molar refractivity (Wildman–Crippen MR) is 149 cm³/mol. The average molecular weight is 513 g/mol. The molecule has 1 unspecified atom stereocenters. The number of hydrogen-bond donors (Lipinski definition) is 0. The second-order valence-corrected chi connectivity index (χ2v) is 9.73. The van der Waals surface area contributed by atoms with Crippen molar-refractivity contribution in [3.05, 3.63) is 110 Å². The molecule has 1 aromatic heterocycles. The molecule has 1 amide bonds. The van der Waals surface area contributed by atoms with Gasteiger partial charge in [0.25, 0.3) is 17.2 Å². The van der Waals surface area contributed by atoms with Crippen LogP contribution in [0.4, 0.5) is 5.69 Å². The highest BCUT2D eigenvalue weighted by Gasteiger charge is 2.30. The number of nitro groups is 1. The molecular weight excluding hydrogens is 480 g/mol. The fourth-order valence-electron chi connectivity index (χ4n) is 4.68. The third-order valence-electron chi connectivity index (χ3n) is 6.61. The Hall–Kier alpha value is -4.33. The van der Waals surface area contributed by atoms with Crippen LogP contribution in [0.1, 0.15) is 61.9 Å². The molecule has 0 aliphatic heterocycles. The first-order valence-corrected chi connectivity index (χ1v) is 12.9. The summed E-state index contributed by atoms with van der Waals surface area (Å²) in [5, 5.41) is 11.6. The number of benzene rings is 3. The van der Waals surface area contributed by atoms with Gasteiger partial charge in [-0.2, -0.15) is 0 Å². The van der Waals surface area contributed by atoms with E-state index < -0.39 is 11.0 Å². The molecule has 1 heterocycles. The number of hydrogen-bond acceptors (Lipinski definition) is 5. The zero-order valence-corrected chi connectivity index (χ0v) is 22.1. The molecule has 0 radical (unpaired) electrons. The monoisotopic (exact) mass is 512 g/mol. The second-order valence-electron chi connectivity index (χ2n) is 9.73. The van der Waals surface area contributed by atoms with Crippen LogP contribution >= 0.6 is 0 Å². The van der Waals surface area contributed by atoms with Crippen molar-refractivity contribution in [2.45, 2.75) is 46.6 Å². The fourth-order valence-corrected chi connectivity index (χ4v) is 4.68. The summed E-state index contributed by atoms with van der Waals surface area (Å²) in [6, 6.07) is 20.2. The van der Waals surface area contributed by atoms with Gasteiger partial charge in [-0.25, -0.2) is 4.98 Å². The standard InChI is InChI=1S/C30H32N4O4/c1-5-21-11-15-23(16-12-21)33-28(31-26-10-8-7-9-25(26)30(33)36)27(6-2)32(19-20(3)4)29(35)22-13-17-24(18-14-22)34(37)38/h7-18,20,27H,5-6,19H2,1-4H3. The largest absolute Gasteiger partial charge is 0.328 e. The Labute approximate surface area is 221 Å².